The van der Waals surface area contributed by atoms with Crippen LogP contribution in [0.1, 0.15) is 52.2 Å². The van der Waals surface area contributed by atoms with Crippen molar-refractivity contribution in [1.82, 2.24) is 20.9 Å². The molecule has 3 aliphatic heterocycles. The number of amides is 3. The van der Waals surface area contributed by atoms with E-state index < -0.39 is 6.04 Å². The molecule has 0 aliphatic carbocycles. The molecule has 5 rings (SSSR count). The molecule has 0 radical (unpaired) electrons. The third kappa shape index (κ3) is 3.94. The Morgan fingerprint density at radius 2 is 1.84 bits per heavy atom. The first-order valence-electron chi connectivity index (χ1n) is 11.4. The molecule has 3 atom stereocenters. The third-order valence-electron chi connectivity index (χ3n) is 6.94. The summed E-state index contributed by atoms with van der Waals surface area (Å²) in [6.45, 7) is 3.01. The zero-order valence-electron chi connectivity index (χ0n) is 18.0. The number of nitrogens with zero attached hydrogens (tertiary/aromatic N) is 1. The molecule has 3 amide bonds. The number of rotatable bonds is 5. The highest BCUT2D eigenvalue weighted by molar-refractivity contribution is 6.05. The molecule has 2 fully saturated rings. The fraction of sp³-hybridized carbons (Fsp3) is 0.400. The van der Waals surface area contributed by atoms with Gasteiger partial charge in [-0.2, -0.15) is 0 Å². The normalized spacial score (nSPS) is 25.6. The van der Waals surface area contributed by atoms with Crippen molar-refractivity contribution >= 4 is 17.7 Å². The largest absolute Gasteiger partial charge is 0.322 e. The average Bonchev–Trinajstić information content (AvgIpc) is 3.15. The van der Waals surface area contributed by atoms with Gasteiger partial charge in [0.2, 0.25) is 11.8 Å². The van der Waals surface area contributed by atoms with Crippen molar-refractivity contribution in [3.05, 3.63) is 70.8 Å². The topological polar surface area (TPSA) is 90.5 Å². The summed E-state index contributed by atoms with van der Waals surface area (Å²) in [5.41, 5.74) is 4.07. The summed E-state index contributed by atoms with van der Waals surface area (Å²) in [6.07, 6.45) is 1.68. The van der Waals surface area contributed by atoms with Crippen LogP contribution in [0.4, 0.5) is 0 Å². The van der Waals surface area contributed by atoms with Gasteiger partial charge in [-0.05, 0) is 42.1 Å². The number of nitrogens with one attached hydrogen (secondary N) is 3. The molecule has 0 bridgehead atoms. The van der Waals surface area contributed by atoms with Gasteiger partial charge in [-0.15, -0.1) is 0 Å². The maximum absolute atomic E-state index is 13.1. The lowest BCUT2D eigenvalue weighted by molar-refractivity contribution is -0.136. The predicted octanol–water partition coefficient (Wildman–Crippen LogP) is 1.68. The van der Waals surface area contributed by atoms with Gasteiger partial charge in [-0.1, -0.05) is 42.5 Å². The summed E-state index contributed by atoms with van der Waals surface area (Å²) < 4.78 is 0. The molecule has 3 heterocycles. The van der Waals surface area contributed by atoms with Crippen LogP contribution < -0.4 is 16.0 Å². The van der Waals surface area contributed by atoms with Gasteiger partial charge in [-0.25, -0.2) is 0 Å². The van der Waals surface area contributed by atoms with Crippen LogP contribution in [0.3, 0.4) is 0 Å². The highest BCUT2D eigenvalue weighted by Crippen LogP contribution is 2.30. The number of hydrogen-bond acceptors (Lipinski definition) is 5. The van der Waals surface area contributed by atoms with E-state index in [-0.39, 0.29) is 24.1 Å². The van der Waals surface area contributed by atoms with Crippen LogP contribution in [-0.2, 0) is 22.7 Å². The van der Waals surface area contributed by atoms with Gasteiger partial charge in [0.1, 0.15) is 6.04 Å². The van der Waals surface area contributed by atoms with E-state index in [1.54, 1.807) is 4.90 Å². The Morgan fingerprint density at radius 1 is 1.00 bits per heavy atom. The molecule has 7 heteroatoms. The number of imide groups is 1. The van der Waals surface area contributed by atoms with E-state index in [4.69, 9.17) is 0 Å². The number of carbonyl (C=O) groups is 3. The summed E-state index contributed by atoms with van der Waals surface area (Å²) in [7, 11) is 0. The molecule has 2 aromatic carbocycles. The first-order valence-corrected chi connectivity index (χ1v) is 11.4. The van der Waals surface area contributed by atoms with Crippen LogP contribution in [0.15, 0.2) is 48.5 Å². The first kappa shape index (κ1) is 20.8. The van der Waals surface area contributed by atoms with Gasteiger partial charge >= 0.3 is 0 Å². The lowest BCUT2D eigenvalue weighted by atomic mass is 9.86. The van der Waals surface area contributed by atoms with Crippen molar-refractivity contribution in [2.24, 2.45) is 0 Å². The maximum Gasteiger partial charge on any atom is 0.255 e. The van der Waals surface area contributed by atoms with Crippen LogP contribution in [0.2, 0.25) is 0 Å². The predicted molar refractivity (Wildman–Crippen MR) is 120 cm³/mol. The zero-order valence-corrected chi connectivity index (χ0v) is 18.0. The maximum atomic E-state index is 13.1. The van der Waals surface area contributed by atoms with Crippen LogP contribution >= 0.6 is 0 Å². The van der Waals surface area contributed by atoms with Crippen molar-refractivity contribution in [1.29, 1.82) is 0 Å². The van der Waals surface area contributed by atoms with Crippen molar-refractivity contribution in [3.63, 3.8) is 0 Å². The summed E-state index contributed by atoms with van der Waals surface area (Å²) in [4.78, 5) is 38.5. The summed E-state index contributed by atoms with van der Waals surface area (Å²) in [5, 5.41) is 9.62. The second-order valence-corrected chi connectivity index (χ2v) is 8.84. The monoisotopic (exact) mass is 432 g/mol. The molecule has 3 N–H and O–H groups in total. The fourth-order valence-electron chi connectivity index (χ4n) is 5.21. The van der Waals surface area contributed by atoms with Crippen molar-refractivity contribution in [3.8, 4) is 0 Å². The number of piperidine rings is 2. The second-order valence-electron chi connectivity index (χ2n) is 8.84. The van der Waals surface area contributed by atoms with E-state index in [9.17, 15) is 14.4 Å². The Labute approximate surface area is 187 Å². The second kappa shape index (κ2) is 8.84. The summed E-state index contributed by atoms with van der Waals surface area (Å²) >= 11 is 0. The van der Waals surface area contributed by atoms with Crippen LogP contribution in [-0.4, -0.2) is 47.8 Å². The van der Waals surface area contributed by atoms with Gasteiger partial charge in [0.25, 0.3) is 5.91 Å². The molecule has 32 heavy (non-hydrogen) atoms. The summed E-state index contributed by atoms with van der Waals surface area (Å²) in [5.74, 6) is -0.374. The molecule has 0 aromatic heterocycles. The van der Waals surface area contributed by atoms with E-state index in [2.05, 4.69) is 46.3 Å². The smallest absolute Gasteiger partial charge is 0.255 e. The van der Waals surface area contributed by atoms with Gasteiger partial charge in [0.15, 0.2) is 0 Å². The Hall–Kier alpha value is -3.03. The number of fused-ring (bicyclic) bond motifs is 1. The molecule has 3 unspecified atom stereocenters. The quantitative estimate of drug-likeness (QED) is 0.626. The fourth-order valence-corrected chi connectivity index (χ4v) is 5.21. The van der Waals surface area contributed by atoms with Crippen molar-refractivity contribution in [2.45, 2.75) is 50.4 Å². The lowest BCUT2D eigenvalue weighted by Gasteiger charge is -2.33. The van der Waals surface area contributed by atoms with E-state index in [0.717, 1.165) is 30.6 Å². The van der Waals surface area contributed by atoms with Crippen molar-refractivity contribution in [2.75, 3.05) is 13.1 Å². The standard InChI is InChI=1S/C25H28N4O3/c30-23-10-9-22(24(31)28-23)29-15-20-17(7-4-8-18(20)25(29)32)13-27-21-11-12-26-14-19(21)16-5-2-1-3-6-16/h1-8,19,21-22,26-27H,9-15H2,(H,28,30,31). The number of carbonyl (C=O) groups excluding carboxylic acids is 3. The highest BCUT2D eigenvalue weighted by atomic mass is 16.2. The Kier molecular flexibility index (Phi) is 5.76. The van der Waals surface area contributed by atoms with Gasteiger partial charge < -0.3 is 15.5 Å². The van der Waals surface area contributed by atoms with E-state index >= 15 is 0 Å². The minimum absolute atomic E-state index is 0.125. The Morgan fingerprint density at radius 3 is 2.66 bits per heavy atom. The molecular formula is C25H28N4O3. The molecule has 2 saturated heterocycles. The minimum Gasteiger partial charge on any atom is -0.322 e. The summed E-state index contributed by atoms with van der Waals surface area (Å²) in [6, 6.07) is 16.2. The number of benzene rings is 2. The molecule has 2 aromatic rings. The highest BCUT2D eigenvalue weighted by Gasteiger charge is 2.39. The van der Waals surface area contributed by atoms with Gasteiger partial charge in [0.05, 0.1) is 0 Å². The van der Waals surface area contributed by atoms with Crippen molar-refractivity contribution < 1.29 is 14.4 Å². The molecule has 7 nitrogen and oxygen atoms in total. The SMILES string of the molecule is O=C1CCC(N2Cc3c(CNC4CCNCC4c4ccccc4)cccc3C2=O)C(=O)N1. The van der Waals surface area contributed by atoms with Gasteiger partial charge in [0, 0.05) is 43.6 Å². The Bertz CT molecular complexity index is 1040. The minimum atomic E-state index is -0.583. The Balaban J connectivity index is 1.31. The van der Waals surface area contributed by atoms with Crippen LogP contribution in [0.5, 0.6) is 0 Å². The molecule has 0 spiro atoms. The number of hydrogen-bond donors (Lipinski definition) is 3. The van der Waals surface area contributed by atoms with Crippen LogP contribution in [0, 0.1) is 0 Å². The zero-order chi connectivity index (χ0) is 22.1. The first-order chi connectivity index (χ1) is 15.6. The third-order valence-corrected chi connectivity index (χ3v) is 6.94. The molecular weight excluding hydrogens is 404 g/mol. The van der Waals surface area contributed by atoms with E-state index in [1.807, 2.05) is 18.2 Å². The van der Waals surface area contributed by atoms with Gasteiger partial charge in [-0.3, -0.25) is 19.7 Å². The molecule has 166 valence electrons. The molecule has 0 saturated carbocycles. The van der Waals surface area contributed by atoms with E-state index in [1.165, 1.54) is 5.56 Å². The van der Waals surface area contributed by atoms with E-state index in [0.29, 0.717) is 37.0 Å². The lowest BCUT2D eigenvalue weighted by Crippen LogP contribution is -2.52. The molecule has 3 aliphatic rings. The van der Waals surface area contributed by atoms with Crippen LogP contribution in [0.25, 0.3) is 0 Å². The average molecular weight is 433 g/mol.